The van der Waals surface area contributed by atoms with E-state index in [-0.39, 0.29) is 10.6 Å². The van der Waals surface area contributed by atoms with Crippen LogP contribution in [0.1, 0.15) is 31.7 Å². The van der Waals surface area contributed by atoms with E-state index in [4.69, 9.17) is 5.73 Å². The Balaban J connectivity index is 2.17. The van der Waals surface area contributed by atoms with Crippen LogP contribution in [0, 0.1) is 10.1 Å². The second-order valence-corrected chi connectivity index (χ2v) is 5.47. The van der Waals surface area contributed by atoms with Gasteiger partial charge < -0.3 is 5.73 Å². The molecular weight excluding hydrogens is 242 g/mol. The first-order chi connectivity index (χ1) is 9.00. The van der Waals surface area contributed by atoms with Crippen molar-refractivity contribution in [3.8, 4) is 0 Å². The number of hydrogen-bond acceptors (Lipinski definition) is 4. The van der Waals surface area contributed by atoms with Crippen molar-refractivity contribution in [1.29, 1.82) is 0 Å². The van der Waals surface area contributed by atoms with Crippen molar-refractivity contribution in [2.45, 2.75) is 38.3 Å². The quantitative estimate of drug-likeness (QED) is 0.668. The third-order valence-electron chi connectivity index (χ3n) is 3.82. The van der Waals surface area contributed by atoms with Crippen LogP contribution < -0.4 is 5.73 Å². The molecule has 1 aliphatic rings. The molecule has 2 N–H and O–H groups in total. The van der Waals surface area contributed by atoms with Crippen molar-refractivity contribution in [2.24, 2.45) is 5.73 Å². The third kappa shape index (κ3) is 3.30. The summed E-state index contributed by atoms with van der Waals surface area (Å²) in [6.07, 6.45) is 4.07. The fraction of sp³-hybridized carbons (Fsp3) is 0.571. The molecule has 104 valence electrons. The molecule has 0 bridgehead atoms. The van der Waals surface area contributed by atoms with Crippen LogP contribution in [0.15, 0.2) is 24.3 Å². The summed E-state index contributed by atoms with van der Waals surface area (Å²) in [5.41, 5.74) is 6.75. The van der Waals surface area contributed by atoms with E-state index in [1.165, 1.54) is 6.42 Å². The average Bonchev–Trinajstić information content (AvgIpc) is 2.39. The molecule has 1 aromatic carbocycles. The number of nitro benzene ring substituents is 1. The molecule has 1 unspecified atom stereocenters. The van der Waals surface area contributed by atoms with Crippen LogP contribution in [0.5, 0.6) is 0 Å². The average molecular weight is 263 g/mol. The molecular formula is C14H21N3O2. The fourth-order valence-corrected chi connectivity index (χ4v) is 2.74. The standard InChI is InChI=1S/C14H21N3O2/c1-14(15,16-9-5-2-6-10-16)11-12-7-3-4-8-13(12)17(18)19/h3-4,7-8H,2,5-6,9-11,15H2,1H3. The number of benzene rings is 1. The summed E-state index contributed by atoms with van der Waals surface area (Å²) < 4.78 is 0. The molecule has 0 aromatic heterocycles. The molecule has 2 rings (SSSR count). The van der Waals surface area contributed by atoms with E-state index < -0.39 is 5.66 Å². The Hall–Kier alpha value is -1.46. The van der Waals surface area contributed by atoms with E-state index in [0.29, 0.717) is 12.0 Å². The minimum Gasteiger partial charge on any atom is -0.313 e. The lowest BCUT2D eigenvalue weighted by Crippen LogP contribution is -2.56. The van der Waals surface area contributed by atoms with E-state index in [0.717, 1.165) is 25.9 Å². The lowest BCUT2D eigenvalue weighted by atomic mass is 9.96. The molecule has 5 nitrogen and oxygen atoms in total. The molecule has 0 aliphatic carbocycles. The first kappa shape index (κ1) is 14.0. The Labute approximate surface area is 113 Å². The van der Waals surface area contributed by atoms with Gasteiger partial charge in [0.1, 0.15) is 0 Å². The van der Waals surface area contributed by atoms with Crippen LogP contribution in [0.25, 0.3) is 0 Å². The van der Waals surface area contributed by atoms with Gasteiger partial charge in [-0.25, -0.2) is 0 Å². The number of nitrogens with two attached hydrogens (primary N) is 1. The SMILES string of the molecule is CC(N)(Cc1ccccc1[N+](=O)[O-])N1CCCCC1. The van der Waals surface area contributed by atoms with Crippen LogP contribution in [-0.4, -0.2) is 28.6 Å². The maximum Gasteiger partial charge on any atom is 0.272 e. The number of para-hydroxylation sites is 1. The molecule has 0 spiro atoms. The van der Waals surface area contributed by atoms with Gasteiger partial charge in [0.25, 0.3) is 5.69 Å². The minimum absolute atomic E-state index is 0.163. The Morgan fingerprint density at radius 1 is 1.32 bits per heavy atom. The highest BCUT2D eigenvalue weighted by atomic mass is 16.6. The van der Waals surface area contributed by atoms with E-state index >= 15 is 0 Å². The van der Waals surface area contributed by atoms with Gasteiger partial charge in [0.05, 0.1) is 10.6 Å². The van der Waals surface area contributed by atoms with Gasteiger partial charge in [-0.1, -0.05) is 24.6 Å². The maximum absolute atomic E-state index is 11.0. The van der Waals surface area contributed by atoms with E-state index in [1.54, 1.807) is 18.2 Å². The van der Waals surface area contributed by atoms with E-state index in [2.05, 4.69) is 4.90 Å². The molecule has 0 radical (unpaired) electrons. The van der Waals surface area contributed by atoms with Crippen LogP contribution in [0.4, 0.5) is 5.69 Å². The van der Waals surface area contributed by atoms with Crippen molar-refractivity contribution in [2.75, 3.05) is 13.1 Å². The predicted molar refractivity (Wildman–Crippen MR) is 74.8 cm³/mol. The predicted octanol–water partition coefficient (Wildman–Crippen LogP) is 2.30. The van der Waals surface area contributed by atoms with Crippen molar-refractivity contribution in [3.05, 3.63) is 39.9 Å². The van der Waals surface area contributed by atoms with Gasteiger partial charge in [0.15, 0.2) is 0 Å². The minimum atomic E-state index is -0.521. The molecule has 19 heavy (non-hydrogen) atoms. The van der Waals surface area contributed by atoms with Gasteiger partial charge in [-0.05, 0) is 32.9 Å². The largest absolute Gasteiger partial charge is 0.313 e. The molecule has 0 amide bonds. The maximum atomic E-state index is 11.0. The summed E-state index contributed by atoms with van der Waals surface area (Å²) in [7, 11) is 0. The first-order valence-corrected chi connectivity index (χ1v) is 6.77. The summed E-state index contributed by atoms with van der Waals surface area (Å²) >= 11 is 0. The molecule has 0 saturated carbocycles. The number of rotatable bonds is 4. The highest BCUT2D eigenvalue weighted by molar-refractivity contribution is 5.40. The molecule has 1 atom stereocenters. The highest BCUT2D eigenvalue weighted by Gasteiger charge is 2.30. The molecule has 1 heterocycles. The molecule has 1 saturated heterocycles. The van der Waals surface area contributed by atoms with Gasteiger partial charge >= 0.3 is 0 Å². The zero-order chi connectivity index (χ0) is 13.9. The molecule has 1 aromatic rings. The van der Waals surface area contributed by atoms with Gasteiger partial charge in [0.2, 0.25) is 0 Å². The topological polar surface area (TPSA) is 72.4 Å². The Bertz CT molecular complexity index is 454. The second-order valence-electron chi connectivity index (χ2n) is 5.47. The van der Waals surface area contributed by atoms with Crippen LogP contribution >= 0.6 is 0 Å². The highest BCUT2D eigenvalue weighted by Crippen LogP contribution is 2.25. The van der Waals surface area contributed by atoms with Gasteiger partial charge in [0, 0.05) is 18.1 Å². The summed E-state index contributed by atoms with van der Waals surface area (Å²) in [5.74, 6) is 0. The van der Waals surface area contributed by atoms with Crippen LogP contribution in [0.3, 0.4) is 0 Å². The van der Waals surface area contributed by atoms with Gasteiger partial charge in [-0.15, -0.1) is 0 Å². The Morgan fingerprint density at radius 2 is 1.95 bits per heavy atom. The normalized spacial score (nSPS) is 19.9. The van der Waals surface area contributed by atoms with Crippen molar-refractivity contribution in [1.82, 2.24) is 4.90 Å². The van der Waals surface area contributed by atoms with E-state index in [9.17, 15) is 10.1 Å². The summed E-state index contributed by atoms with van der Waals surface area (Å²) in [4.78, 5) is 12.9. The number of nitro groups is 1. The Kier molecular flexibility index (Phi) is 4.17. The van der Waals surface area contributed by atoms with E-state index in [1.807, 2.05) is 13.0 Å². The summed E-state index contributed by atoms with van der Waals surface area (Å²) in [6, 6.07) is 6.86. The second kappa shape index (κ2) is 5.67. The lowest BCUT2D eigenvalue weighted by molar-refractivity contribution is -0.385. The third-order valence-corrected chi connectivity index (χ3v) is 3.82. The Morgan fingerprint density at radius 3 is 2.58 bits per heavy atom. The first-order valence-electron chi connectivity index (χ1n) is 6.77. The number of nitrogens with zero attached hydrogens (tertiary/aromatic N) is 2. The fourth-order valence-electron chi connectivity index (χ4n) is 2.74. The smallest absolute Gasteiger partial charge is 0.272 e. The summed E-state index contributed by atoms with van der Waals surface area (Å²) in [5, 5.41) is 11.0. The van der Waals surface area contributed by atoms with Crippen molar-refractivity contribution >= 4 is 5.69 Å². The lowest BCUT2D eigenvalue weighted by Gasteiger charge is -2.40. The zero-order valence-electron chi connectivity index (χ0n) is 11.3. The number of likely N-dealkylation sites (tertiary alicyclic amines) is 1. The van der Waals surface area contributed by atoms with Gasteiger partial charge in [-0.2, -0.15) is 0 Å². The molecule has 1 aliphatic heterocycles. The van der Waals surface area contributed by atoms with Gasteiger partial charge in [-0.3, -0.25) is 15.0 Å². The monoisotopic (exact) mass is 263 g/mol. The molecule has 1 fully saturated rings. The van der Waals surface area contributed by atoms with Crippen LogP contribution in [-0.2, 0) is 6.42 Å². The zero-order valence-corrected chi connectivity index (χ0v) is 11.3. The van der Waals surface area contributed by atoms with Crippen LogP contribution in [0.2, 0.25) is 0 Å². The number of piperidine rings is 1. The van der Waals surface area contributed by atoms with Crippen molar-refractivity contribution in [3.63, 3.8) is 0 Å². The number of hydrogen-bond donors (Lipinski definition) is 1. The summed E-state index contributed by atoms with van der Waals surface area (Å²) in [6.45, 7) is 3.93. The molecule has 5 heteroatoms. The van der Waals surface area contributed by atoms with Crippen molar-refractivity contribution < 1.29 is 4.92 Å².